The number of carbonyl (C=O) groups is 2. The molecule has 9 heteroatoms. The van der Waals surface area contributed by atoms with Gasteiger partial charge in [0.25, 0.3) is 0 Å². The number of benzene rings is 1. The number of primary amides is 1. The fourth-order valence-electron chi connectivity index (χ4n) is 3.36. The van der Waals surface area contributed by atoms with Crippen LogP contribution in [0.25, 0.3) is 11.4 Å². The predicted octanol–water partition coefficient (Wildman–Crippen LogP) is 0.752. The number of nitrogens with one attached hydrogen (secondary N) is 2. The normalized spacial score (nSPS) is 15.9. The maximum atomic E-state index is 11.6. The van der Waals surface area contributed by atoms with Crippen molar-refractivity contribution < 1.29 is 14.3 Å². The molecule has 9 nitrogen and oxygen atoms in total. The number of carbonyl (C=O) groups excluding carboxylic acids is 2. The third-order valence-electron chi connectivity index (χ3n) is 4.88. The molecule has 4 N–H and O–H groups in total. The summed E-state index contributed by atoms with van der Waals surface area (Å²) in [4.78, 5) is 33.9. The molecule has 1 aromatic carbocycles. The van der Waals surface area contributed by atoms with Crippen LogP contribution in [0.15, 0.2) is 24.3 Å². The molecule has 0 aliphatic carbocycles. The van der Waals surface area contributed by atoms with Gasteiger partial charge < -0.3 is 26.0 Å². The summed E-state index contributed by atoms with van der Waals surface area (Å²) in [6.07, 6.45) is 0.565. The van der Waals surface area contributed by atoms with E-state index >= 15 is 0 Å². The van der Waals surface area contributed by atoms with E-state index < -0.39 is 5.91 Å². The SMILES string of the molecule is NC(=O)c1ccc(-c2nc3c(c(NCCN4CCOC4=O)n2)CCNC3)cc1. The standard InChI is InChI=1S/C19H22N6O3/c20-16(26)12-1-3-13(4-2-12)17-23-15-11-21-6-5-14(15)18(24-17)22-7-8-25-9-10-28-19(25)27/h1-4,21H,5-11H2,(H2,20,26)(H,22,23,24). The van der Waals surface area contributed by atoms with Crippen LogP contribution in [0.3, 0.4) is 0 Å². The molecule has 1 saturated heterocycles. The number of ether oxygens (including phenoxy) is 1. The Balaban J connectivity index is 1.57. The van der Waals surface area contributed by atoms with E-state index in [1.807, 2.05) is 0 Å². The first-order chi connectivity index (χ1) is 13.6. The summed E-state index contributed by atoms with van der Waals surface area (Å²) in [5.41, 5.74) is 8.62. The highest BCUT2D eigenvalue weighted by Gasteiger charge is 2.22. The lowest BCUT2D eigenvalue weighted by atomic mass is 10.1. The first-order valence-electron chi connectivity index (χ1n) is 9.28. The Morgan fingerprint density at radius 3 is 2.82 bits per heavy atom. The second-order valence-corrected chi connectivity index (χ2v) is 6.72. The van der Waals surface area contributed by atoms with Crippen LogP contribution in [0, 0.1) is 0 Å². The van der Waals surface area contributed by atoms with Crippen LogP contribution in [0.2, 0.25) is 0 Å². The Hall–Kier alpha value is -3.20. The molecule has 1 aromatic heterocycles. The fourth-order valence-corrected chi connectivity index (χ4v) is 3.36. The van der Waals surface area contributed by atoms with Gasteiger partial charge in [-0.2, -0.15) is 0 Å². The molecule has 2 amide bonds. The molecule has 1 fully saturated rings. The van der Waals surface area contributed by atoms with Crippen molar-refractivity contribution in [2.45, 2.75) is 13.0 Å². The van der Waals surface area contributed by atoms with E-state index in [4.69, 9.17) is 20.4 Å². The third kappa shape index (κ3) is 3.74. The van der Waals surface area contributed by atoms with E-state index in [0.717, 1.165) is 35.6 Å². The average molecular weight is 382 g/mol. The molecule has 0 bridgehead atoms. The van der Waals surface area contributed by atoms with Crippen molar-refractivity contribution in [1.29, 1.82) is 0 Å². The van der Waals surface area contributed by atoms with Gasteiger partial charge >= 0.3 is 6.09 Å². The molecule has 2 aliphatic rings. The number of rotatable bonds is 6. The topological polar surface area (TPSA) is 122 Å². The number of amides is 2. The molecule has 4 rings (SSSR count). The monoisotopic (exact) mass is 382 g/mol. The molecular weight excluding hydrogens is 360 g/mol. The van der Waals surface area contributed by atoms with Crippen LogP contribution in [0.1, 0.15) is 21.6 Å². The lowest BCUT2D eigenvalue weighted by Crippen LogP contribution is -2.31. The summed E-state index contributed by atoms with van der Waals surface area (Å²) >= 11 is 0. The van der Waals surface area contributed by atoms with Gasteiger partial charge in [-0.05, 0) is 25.1 Å². The Kier molecular flexibility index (Phi) is 5.07. The van der Waals surface area contributed by atoms with Crippen LogP contribution in [0.4, 0.5) is 10.6 Å². The number of aromatic nitrogens is 2. The Morgan fingerprint density at radius 1 is 1.29 bits per heavy atom. The third-order valence-corrected chi connectivity index (χ3v) is 4.88. The highest BCUT2D eigenvalue weighted by molar-refractivity contribution is 5.93. The number of anilines is 1. The number of nitrogens with zero attached hydrogens (tertiary/aromatic N) is 3. The quantitative estimate of drug-likeness (QED) is 0.674. The second-order valence-electron chi connectivity index (χ2n) is 6.72. The van der Waals surface area contributed by atoms with E-state index in [2.05, 4.69) is 10.6 Å². The van der Waals surface area contributed by atoms with Crippen molar-refractivity contribution >= 4 is 17.8 Å². The van der Waals surface area contributed by atoms with Gasteiger partial charge in [-0.3, -0.25) is 4.79 Å². The van der Waals surface area contributed by atoms with E-state index in [9.17, 15) is 9.59 Å². The van der Waals surface area contributed by atoms with Crippen molar-refractivity contribution in [3.8, 4) is 11.4 Å². The van der Waals surface area contributed by atoms with Crippen molar-refractivity contribution in [3.63, 3.8) is 0 Å². The first kappa shape index (κ1) is 18.2. The van der Waals surface area contributed by atoms with Gasteiger partial charge in [0.15, 0.2) is 5.82 Å². The molecule has 0 spiro atoms. The maximum absolute atomic E-state index is 11.6. The second kappa shape index (κ2) is 7.81. The lowest BCUT2D eigenvalue weighted by Gasteiger charge is -2.21. The van der Waals surface area contributed by atoms with Gasteiger partial charge in [0.2, 0.25) is 5.91 Å². The smallest absolute Gasteiger partial charge is 0.409 e. The van der Waals surface area contributed by atoms with Crippen molar-refractivity contribution in [1.82, 2.24) is 20.2 Å². The van der Waals surface area contributed by atoms with E-state index in [-0.39, 0.29) is 6.09 Å². The summed E-state index contributed by atoms with van der Waals surface area (Å²) in [6, 6.07) is 6.93. The number of nitrogens with two attached hydrogens (primary N) is 1. The van der Waals surface area contributed by atoms with Gasteiger partial charge in [0, 0.05) is 36.3 Å². The van der Waals surface area contributed by atoms with Crippen LogP contribution < -0.4 is 16.4 Å². The van der Waals surface area contributed by atoms with Gasteiger partial charge in [-0.25, -0.2) is 14.8 Å². The summed E-state index contributed by atoms with van der Waals surface area (Å²) in [7, 11) is 0. The molecule has 0 saturated carbocycles. The predicted molar refractivity (Wildman–Crippen MR) is 103 cm³/mol. The van der Waals surface area contributed by atoms with Crippen molar-refractivity contribution in [3.05, 3.63) is 41.1 Å². The summed E-state index contributed by atoms with van der Waals surface area (Å²) in [6.45, 7) is 3.74. The van der Waals surface area contributed by atoms with Crippen molar-refractivity contribution in [2.24, 2.45) is 5.73 Å². The molecule has 3 heterocycles. The largest absolute Gasteiger partial charge is 0.448 e. The molecule has 2 aliphatic heterocycles. The number of cyclic esters (lactones) is 1. The minimum absolute atomic E-state index is 0.272. The minimum atomic E-state index is -0.468. The Morgan fingerprint density at radius 2 is 2.11 bits per heavy atom. The molecule has 0 unspecified atom stereocenters. The van der Waals surface area contributed by atoms with Gasteiger partial charge in [-0.1, -0.05) is 12.1 Å². The van der Waals surface area contributed by atoms with E-state index in [1.165, 1.54) is 0 Å². The zero-order valence-corrected chi connectivity index (χ0v) is 15.4. The zero-order chi connectivity index (χ0) is 19.5. The molecule has 0 atom stereocenters. The first-order valence-corrected chi connectivity index (χ1v) is 9.28. The van der Waals surface area contributed by atoms with Crippen LogP contribution >= 0.6 is 0 Å². The summed E-state index contributed by atoms with van der Waals surface area (Å²) in [5, 5.41) is 6.69. The van der Waals surface area contributed by atoms with Crippen molar-refractivity contribution in [2.75, 3.05) is 38.1 Å². The van der Waals surface area contributed by atoms with Crippen LogP contribution in [0.5, 0.6) is 0 Å². The molecule has 2 aromatic rings. The Labute approximate surface area is 162 Å². The average Bonchev–Trinajstić information content (AvgIpc) is 3.12. The highest BCUT2D eigenvalue weighted by atomic mass is 16.6. The van der Waals surface area contributed by atoms with Gasteiger partial charge in [0.05, 0.1) is 12.2 Å². The zero-order valence-electron chi connectivity index (χ0n) is 15.4. The highest BCUT2D eigenvalue weighted by Crippen LogP contribution is 2.25. The van der Waals surface area contributed by atoms with E-state index in [0.29, 0.717) is 44.2 Å². The summed E-state index contributed by atoms with van der Waals surface area (Å²) < 4.78 is 4.95. The summed E-state index contributed by atoms with van der Waals surface area (Å²) in [5.74, 6) is 0.902. The van der Waals surface area contributed by atoms with E-state index in [1.54, 1.807) is 29.2 Å². The lowest BCUT2D eigenvalue weighted by molar-refractivity contribution is 0.1000. The molecule has 28 heavy (non-hydrogen) atoms. The van der Waals surface area contributed by atoms with Crippen LogP contribution in [-0.2, 0) is 17.7 Å². The fraction of sp³-hybridized carbons (Fsp3) is 0.368. The maximum Gasteiger partial charge on any atom is 0.409 e. The number of hydrogen-bond acceptors (Lipinski definition) is 7. The van der Waals surface area contributed by atoms with Crippen LogP contribution in [-0.4, -0.2) is 59.7 Å². The number of fused-ring (bicyclic) bond motifs is 1. The molecule has 146 valence electrons. The Bertz CT molecular complexity index is 899. The van der Waals surface area contributed by atoms with Gasteiger partial charge in [0.1, 0.15) is 12.4 Å². The number of hydrogen-bond donors (Lipinski definition) is 3. The van der Waals surface area contributed by atoms with Gasteiger partial charge in [-0.15, -0.1) is 0 Å². The minimum Gasteiger partial charge on any atom is -0.448 e. The molecular formula is C19H22N6O3. The molecule has 0 radical (unpaired) electrons.